The van der Waals surface area contributed by atoms with E-state index in [2.05, 4.69) is 20.1 Å². The van der Waals surface area contributed by atoms with Crippen LogP contribution in [0, 0.1) is 12.7 Å². The second-order valence-corrected chi connectivity index (χ2v) is 10.5. The Kier molecular flexibility index (Phi) is 6.64. The van der Waals surface area contributed by atoms with E-state index in [0.29, 0.717) is 21.2 Å². The highest BCUT2D eigenvalue weighted by Crippen LogP contribution is 2.41. The summed E-state index contributed by atoms with van der Waals surface area (Å²) in [4.78, 5) is 23.6. The van der Waals surface area contributed by atoms with Crippen LogP contribution in [-0.2, 0) is 6.18 Å². The molecule has 0 radical (unpaired) electrons. The summed E-state index contributed by atoms with van der Waals surface area (Å²) in [6.45, 7) is 5.46. The number of carbonyl (C=O) groups is 1. The number of hydrogen-bond acceptors (Lipinski definition) is 7. The Morgan fingerprint density at radius 3 is 2.43 bits per heavy atom. The van der Waals surface area contributed by atoms with Crippen LogP contribution in [-0.4, -0.2) is 41.1 Å². The van der Waals surface area contributed by atoms with Gasteiger partial charge in [0.25, 0.3) is 0 Å². The average Bonchev–Trinajstić information content (AvgIpc) is 3.33. The molecule has 4 rings (SSSR count). The number of hydrogen-bond donors (Lipinski definition) is 1. The van der Waals surface area contributed by atoms with Gasteiger partial charge in [-0.25, -0.2) is 24.1 Å². The van der Waals surface area contributed by atoms with E-state index in [4.69, 9.17) is 0 Å². The molecule has 0 saturated heterocycles. The molecule has 0 aliphatic heterocycles. The third-order valence-electron chi connectivity index (χ3n) is 4.66. The molecule has 7 nitrogen and oxygen atoms in total. The molecule has 0 aliphatic rings. The van der Waals surface area contributed by atoms with Gasteiger partial charge in [0.05, 0.1) is 9.90 Å². The van der Waals surface area contributed by atoms with E-state index in [-0.39, 0.29) is 27.2 Å². The van der Waals surface area contributed by atoms with Crippen LogP contribution in [0.1, 0.15) is 35.9 Å². The summed E-state index contributed by atoms with van der Waals surface area (Å²) in [6, 6.07) is 5.51. The smallest absolute Gasteiger partial charge is 0.451 e. The molecule has 35 heavy (non-hydrogen) atoms. The summed E-state index contributed by atoms with van der Waals surface area (Å²) in [6.07, 6.45) is -2.62. The van der Waals surface area contributed by atoms with Gasteiger partial charge in [0, 0.05) is 28.8 Å². The molecule has 3 aromatic heterocycles. The average molecular weight is 524 g/mol. The van der Waals surface area contributed by atoms with Gasteiger partial charge in [0.1, 0.15) is 11.5 Å². The number of nitrogens with zero attached hydrogens (tertiary/aromatic N) is 5. The van der Waals surface area contributed by atoms with Gasteiger partial charge in [0.15, 0.2) is 5.69 Å². The molecule has 0 bridgehead atoms. The van der Waals surface area contributed by atoms with Crippen molar-refractivity contribution in [1.82, 2.24) is 24.7 Å². The fourth-order valence-electron chi connectivity index (χ4n) is 3.31. The van der Waals surface area contributed by atoms with Crippen molar-refractivity contribution in [2.75, 3.05) is 0 Å². The number of thiazole rings is 1. The summed E-state index contributed by atoms with van der Waals surface area (Å²) in [5.41, 5.74) is 1.28. The molecule has 4 aromatic rings. The maximum Gasteiger partial charge on any atom is 0.451 e. The lowest BCUT2D eigenvalue weighted by molar-refractivity contribution is -0.145. The predicted octanol–water partition coefficient (Wildman–Crippen LogP) is 6.12. The summed E-state index contributed by atoms with van der Waals surface area (Å²) in [5.74, 6) is -3.09. The maximum absolute atomic E-state index is 13.8. The monoisotopic (exact) mass is 523 g/mol. The van der Waals surface area contributed by atoms with Crippen molar-refractivity contribution in [3.8, 4) is 27.5 Å². The lowest BCUT2D eigenvalue weighted by Crippen LogP contribution is -2.10. The zero-order valence-electron chi connectivity index (χ0n) is 18.5. The van der Waals surface area contributed by atoms with Crippen molar-refractivity contribution in [1.29, 1.82) is 0 Å². The molecule has 0 saturated carbocycles. The Morgan fingerprint density at radius 1 is 1.17 bits per heavy atom. The first kappa shape index (κ1) is 24.8. The molecule has 1 aromatic carbocycles. The topological polar surface area (TPSA) is 93.8 Å². The minimum atomic E-state index is -4.68. The molecular weight excluding hydrogens is 506 g/mol. The normalized spacial score (nSPS) is 11.9. The fraction of sp³-hybridized carbons (Fsp3) is 0.227. The van der Waals surface area contributed by atoms with E-state index >= 15 is 0 Å². The maximum atomic E-state index is 13.8. The van der Waals surface area contributed by atoms with Crippen LogP contribution in [0.15, 0.2) is 40.9 Å². The minimum absolute atomic E-state index is 0.0959. The number of aromatic carboxylic acids is 1. The molecule has 3 heterocycles. The third-order valence-corrected chi connectivity index (χ3v) is 6.91. The Labute approximate surface area is 204 Å². The van der Waals surface area contributed by atoms with Crippen LogP contribution in [0.25, 0.3) is 27.5 Å². The first-order chi connectivity index (χ1) is 16.5. The highest BCUT2D eigenvalue weighted by atomic mass is 32.2. The third kappa shape index (κ3) is 5.05. The molecule has 0 spiro atoms. The molecule has 1 N–H and O–H groups in total. The van der Waals surface area contributed by atoms with Gasteiger partial charge < -0.3 is 5.11 Å². The number of aromatic nitrogens is 5. The van der Waals surface area contributed by atoms with Crippen molar-refractivity contribution < 1.29 is 27.5 Å². The SMILES string of the molecule is Cc1nn(-c2nc(-c3cnc(C(F)(F)F)nc3)c(SC(C)C)s2)c(C(=O)O)c1-c1cccc(F)c1. The number of carboxylic acid groups (broad SMARTS) is 1. The van der Waals surface area contributed by atoms with E-state index in [0.717, 1.165) is 28.4 Å². The largest absolute Gasteiger partial charge is 0.476 e. The van der Waals surface area contributed by atoms with Gasteiger partial charge in [-0.2, -0.15) is 23.0 Å². The standard InChI is InChI=1S/C22H17F4N5O2S2/c1-10(2)34-19-16(13-8-27-20(28-9-13)22(24,25)26)29-21(35-19)31-17(18(32)33)15(11(3)30-31)12-5-4-6-14(23)7-12/h4-10H,1-3H3,(H,32,33). The predicted molar refractivity (Wildman–Crippen MR) is 123 cm³/mol. The first-order valence-electron chi connectivity index (χ1n) is 10.1. The minimum Gasteiger partial charge on any atom is -0.476 e. The van der Waals surface area contributed by atoms with Crippen molar-refractivity contribution in [3.63, 3.8) is 0 Å². The second kappa shape index (κ2) is 9.38. The highest BCUT2D eigenvalue weighted by Gasteiger charge is 2.34. The van der Waals surface area contributed by atoms with Gasteiger partial charge in [-0.1, -0.05) is 37.3 Å². The number of benzene rings is 1. The number of rotatable bonds is 6. The molecule has 0 unspecified atom stereocenters. The van der Waals surface area contributed by atoms with Crippen LogP contribution < -0.4 is 0 Å². The number of thioether (sulfide) groups is 1. The number of aryl methyl sites for hydroxylation is 1. The molecule has 0 fully saturated rings. The fourth-order valence-corrected chi connectivity index (χ4v) is 5.79. The van der Waals surface area contributed by atoms with Crippen LogP contribution in [0.2, 0.25) is 0 Å². The first-order valence-corrected chi connectivity index (χ1v) is 11.8. The zero-order valence-corrected chi connectivity index (χ0v) is 20.1. The van der Waals surface area contributed by atoms with E-state index < -0.39 is 23.8 Å². The molecular formula is C22H17F4N5O2S2. The van der Waals surface area contributed by atoms with Gasteiger partial charge in [0.2, 0.25) is 11.0 Å². The highest BCUT2D eigenvalue weighted by molar-refractivity contribution is 8.01. The van der Waals surface area contributed by atoms with Crippen LogP contribution in [0.4, 0.5) is 17.6 Å². The molecule has 0 amide bonds. The van der Waals surface area contributed by atoms with E-state index in [1.807, 2.05) is 13.8 Å². The number of carboxylic acids is 1. The van der Waals surface area contributed by atoms with Crippen molar-refractivity contribution >= 4 is 29.1 Å². The quantitative estimate of drug-likeness (QED) is 0.240. The number of alkyl halides is 3. The second-order valence-electron chi connectivity index (χ2n) is 7.63. The Balaban J connectivity index is 1.88. The van der Waals surface area contributed by atoms with Crippen LogP contribution >= 0.6 is 23.1 Å². The van der Waals surface area contributed by atoms with E-state index in [9.17, 15) is 27.5 Å². The van der Waals surface area contributed by atoms with Crippen molar-refractivity contribution in [2.45, 2.75) is 36.4 Å². The lowest BCUT2D eigenvalue weighted by atomic mass is 10.0. The Morgan fingerprint density at radius 2 is 1.86 bits per heavy atom. The summed E-state index contributed by atoms with van der Waals surface area (Å²) in [5, 5.41) is 14.6. The van der Waals surface area contributed by atoms with Gasteiger partial charge in [-0.05, 0) is 24.6 Å². The molecule has 182 valence electrons. The Hall–Kier alpha value is -3.32. The number of halogens is 4. The molecule has 13 heteroatoms. The lowest BCUT2D eigenvalue weighted by Gasteiger charge is -2.06. The van der Waals surface area contributed by atoms with Crippen molar-refractivity contribution in [3.05, 3.63) is 59.7 Å². The molecule has 0 atom stereocenters. The van der Waals surface area contributed by atoms with E-state index in [1.54, 1.807) is 13.0 Å². The summed E-state index contributed by atoms with van der Waals surface area (Å²) in [7, 11) is 0. The Bertz CT molecular complexity index is 1400. The van der Waals surface area contributed by atoms with Crippen LogP contribution in [0.3, 0.4) is 0 Å². The van der Waals surface area contributed by atoms with Crippen LogP contribution in [0.5, 0.6) is 0 Å². The van der Waals surface area contributed by atoms with Gasteiger partial charge in [-0.15, -0.1) is 11.8 Å². The summed E-state index contributed by atoms with van der Waals surface area (Å²) < 4.78 is 54.3. The zero-order chi connectivity index (χ0) is 25.5. The summed E-state index contributed by atoms with van der Waals surface area (Å²) >= 11 is 2.54. The van der Waals surface area contributed by atoms with Gasteiger partial charge in [-0.3, -0.25) is 0 Å². The van der Waals surface area contributed by atoms with Crippen molar-refractivity contribution in [2.24, 2.45) is 0 Å². The van der Waals surface area contributed by atoms with Gasteiger partial charge >= 0.3 is 12.1 Å². The molecule has 0 aliphatic carbocycles. The van der Waals surface area contributed by atoms with E-state index in [1.165, 1.54) is 30.0 Å².